The standard InChI is InChI=1S/C24H24N2O2/c27-24(19-25-15-16-28-23-14-8-7-11-21(23)18-25)26(22-12-5-2-6-13-22)17-20-9-3-1-4-10-20/h1-14H,15-19H2. The van der Waals surface area contributed by atoms with Crippen LogP contribution in [-0.4, -0.2) is 30.5 Å². The number of nitrogens with zero attached hydrogens (tertiary/aromatic N) is 2. The van der Waals surface area contributed by atoms with E-state index in [0.717, 1.165) is 35.7 Å². The van der Waals surface area contributed by atoms with E-state index in [9.17, 15) is 4.79 Å². The Labute approximate surface area is 166 Å². The molecule has 4 nitrogen and oxygen atoms in total. The second-order valence-electron chi connectivity index (χ2n) is 6.97. The SMILES string of the molecule is O=C(CN1CCOc2ccccc2C1)N(Cc1ccccc1)c1ccccc1. The highest BCUT2D eigenvalue weighted by Crippen LogP contribution is 2.23. The van der Waals surface area contributed by atoms with Crippen LogP contribution in [0.3, 0.4) is 0 Å². The maximum atomic E-state index is 13.3. The fourth-order valence-electron chi connectivity index (χ4n) is 3.49. The topological polar surface area (TPSA) is 32.8 Å². The van der Waals surface area contributed by atoms with Crippen LogP contribution in [0.4, 0.5) is 5.69 Å². The molecule has 4 rings (SSSR count). The summed E-state index contributed by atoms with van der Waals surface area (Å²) in [6.45, 7) is 2.96. The van der Waals surface area contributed by atoms with E-state index in [1.165, 1.54) is 0 Å². The largest absolute Gasteiger partial charge is 0.492 e. The van der Waals surface area contributed by atoms with Crippen LogP contribution in [-0.2, 0) is 17.9 Å². The molecule has 0 aliphatic carbocycles. The van der Waals surface area contributed by atoms with Crippen molar-refractivity contribution in [2.45, 2.75) is 13.1 Å². The highest BCUT2D eigenvalue weighted by molar-refractivity contribution is 5.94. The first kappa shape index (κ1) is 18.3. The summed E-state index contributed by atoms with van der Waals surface area (Å²) >= 11 is 0. The number of hydrogen-bond acceptors (Lipinski definition) is 3. The zero-order valence-corrected chi connectivity index (χ0v) is 15.8. The molecular weight excluding hydrogens is 348 g/mol. The number of ether oxygens (including phenoxy) is 1. The number of fused-ring (bicyclic) bond motifs is 1. The Morgan fingerprint density at radius 2 is 1.57 bits per heavy atom. The molecule has 0 spiro atoms. The second-order valence-corrected chi connectivity index (χ2v) is 6.97. The van der Waals surface area contributed by atoms with Gasteiger partial charge in [-0.2, -0.15) is 0 Å². The zero-order chi connectivity index (χ0) is 19.2. The van der Waals surface area contributed by atoms with Gasteiger partial charge in [-0.05, 0) is 23.8 Å². The van der Waals surface area contributed by atoms with E-state index in [4.69, 9.17) is 4.74 Å². The summed E-state index contributed by atoms with van der Waals surface area (Å²) in [6.07, 6.45) is 0. The summed E-state index contributed by atoms with van der Waals surface area (Å²) in [7, 11) is 0. The normalized spacial score (nSPS) is 13.9. The van der Waals surface area contributed by atoms with Gasteiger partial charge in [0.15, 0.2) is 0 Å². The first-order valence-corrected chi connectivity index (χ1v) is 9.62. The van der Waals surface area contributed by atoms with Crippen LogP contribution >= 0.6 is 0 Å². The number of benzene rings is 3. The molecule has 1 amide bonds. The van der Waals surface area contributed by atoms with Gasteiger partial charge in [0.2, 0.25) is 5.91 Å². The van der Waals surface area contributed by atoms with E-state index in [-0.39, 0.29) is 5.91 Å². The molecule has 0 unspecified atom stereocenters. The van der Waals surface area contributed by atoms with Gasteiger partial charge in [-0.3, -0.25) is 9.69 Å². The monoisotopic (exact) mass is 372 g/mol. The molecule has 3 aromatic carbocycles. The van der Waals surface area contributed by atoms with Gasteiger partial charge in [0.25, 0.3) is 0 Å². The van der Waals surface area contributed by atoms with Crippen molar-refractivity contribution >= 4 is 11.6 Å². The number of para-hydroxylation sites is 2. The second kappa shape index (κ2) is 8.72. The molecule has 4 heteroatoms. The van der Waals surface area contributed by atoms with Crippen molar-refractivity contribution in [2.24, 2.45) is 0 Å². The average Bonchev–Trinajstić information content (AvgIpc) is 2.95. The lowest BCUT2D eigenvalue weighted by molar-refractivity contribution is -0.120. The van der Waals surface area contributed by atoms with Crippen LogP contribution < -0.4 is 9.64 Å². The van der Waals surface area contributed by atoms with Gasteiger partial charge < -0.3 is 9.64 Å². The van der Waals surface area contributed by atoms with Crippen molar-refractivity contribution < 1.29 is 9.53 Å². The Kier molecular flexibility index (Phi) is 5.69. The number of carbonyl (C=O) groups excluding carboxylic acids is 1. The molecule has 3 aromatic rings. The maximum Gasteiger partial charge on any atom is 0.241 e. The summed E-state index contributed by atoms with van der Waals surface area (Å²) < 4.78 is 5.83. The van der Waals surface area contributed by atoms with Gasteiger partial charge in [-0.25, -0.2) is 0 Å². The average molecular weight is 372 g/mol. The Hall–Kier alpha value is -3.11. The van der Waals surface area contributed by atoms with Gasteiger partial charge in [0.1, 0.15) is 12.4 Å². The minimum atomic E-state index is 0.0921. The van der Waals surface area contributed by atoms with Crippen molar-refractivity contribution in [1.29, 1.82) is 0 Å². The van der Waals surface area contributed by atoms with Crippen molar-refractivity contribution in [3.8, 4) is 5.75 Å². The molecule has 0 bridgehead atoms. The van der Waals surface area contributed by atoms with Crippen LogP contribution in [0.5, 0.6) is 5.75 Å². The van der Waals surface area contributed by atoms with E-state index in [2.05, 4.69) is 23.1 Å². The van der Waals surface area contributed by atoms with E-state index >= 15 is 0 Å². The summed E-state index contributed by atoms with van der Waals surface area (Å²) in [5.41, 5.74) is 3.16. The molecular formula is C24H24N2O2. The number of anilines is 1. The van der Waals surface area contributed by atoms with Gasteiger partial charge in [-0.1, -0.05) is 66.7 Å². The first-order chi connectivity index (χ1) is 13.8. The summed E-state index contributed by atoms with van der Waals surface area (Å²) in [4.78, 5) is 17.3. The first-order valence-electron chi connectivity index (χ1n) is 9.62. The number of hydrogen-bond donors (Lipinski definition) is 0. The van der Waals surface area contributed by atoms with Gasteiger partial charge >= 0.3 is 0 Å². The number of carbonyl (C=O) groups is 1. The van der Waals surface area contributed by atoms with Crippen molar-refractivity contribution in [3.63, 3.8) is 0 Å². The van der Waals surface area contributed by atoms with Crippen LogP contribution in [0, 0.1) is 0 Å². The Morgan fingerprint density at radius 1 is 0.893 bits per heavy atom. The molecule has 0 saturated heterocycles. The molecule has 1 aliphatic heterocycles. The third-order valence-corrected chi connectivity index (χ3v) is 4.94. The van der Waals surface area contributed by atoms with Crippen LogP contribution in [0.2, 0.25) is 0 Å². The molecule has 0 saturated carbocycles. The molecule has 0 aromatic heterocycles. The predicted molar refractivity (Wildman–Crippen MR) is 111 cm³/mol. The van der Waals surface area contributed by atoms with Crippen LogP contribution in [0.25, 0.3) is 0 Å². The smallest absolute Gasteiger partial charge is 0.241 e. The minimum absolute atomic E-state index is 0.0921. The lowest BCUT2D eigenvalue weighted by Gasteiger charge is -2.27. The Balaban J connectivity index is 1.52. The Bertz CT molecular complexity index is 912. The third kappa shape index (κ3) is 4.41. The van der Waals surface area contributed by atoms with Gasteiger partial charge in [0, 0.05) is 24.3 Å². The lowest BCUT2D eigenvalue weighted by Crippen LogP contribution is -2.40. The van der Waals surface area contributed by atoms with Gasteiger partial charge in [-0.15, -0.1) is 0 Å². The number of rotatable bonds is 5. The number of amides is 1. The molecule has 1 aliphatic rings. The fourth-order valence-corrected chi connectivity index (χ4v) is 3.49. The molecule has 0 atom stereocenters. The fraction of sp³-hybridized carbons (Fsp3) is 0.208. The quantitative estimate of drug-likeness (QED) is 0.676. The van der Waals surface area contributed by atoms with Crippen molar-refractivity contribution in [3.05, 3.63) is 96.1 Å². The highest BCUT2D eigenvalue weighted by atomic mass is 16.5. The van der Waals surface area contributed by atoms with E-state index in [0.29, 0.717) is 19.7 Å². The van der Waals surface area contributed by atoms with Crippen LogP contribution in [0.15, 0.2) is 84.9 Å². The molecule has 0 fully saturated rings. The van der Waals surface area contributed by atoms with Gasteiger partial charge in [0.05, 0.1) is 13.1 Å². The minimum Gasteiger partial charge on any atom is -0.492 e. The highest BCUT2D eigenvalue weighted by Gasteiger charge is 2.22. The lowest BCUT2D eigenvalue weighted by atomic mass is 10.1. The third-order valence-electron chi connectivity index (χ3n) is 4.94. The van der Waals surface area contributed by atoms with Crippen LogP contribution in [0.1, 0.15) is 11.1 Å². The predicted octanol–water partition coefficient (Wildman–Crippen LogP) is 4.11. The van der Waals surface area contributed by atoms with E-state index in [1.807, 2.05) is 71.6 Å². The molecule has 1 heterocycles. The van der Waals surface area contributed by atoms with Crippen molar-refractivity contribution in [2.75, 3.05) is 24.6 Å². The molecule has 0 N–H and O–H groups in total. The van der Waals surface area contributed by atoms with Crippen molar-refractivity contribution in [1.82, 2.24) is 4.90 Å². The van der Waals surface area contributed by atoms with E-state index in [1.54, 1.807) is 0 Å². The summed E-state index contributed by atoms with van der Waals surface area (Å²) in [5, 5.41) is 0. The molecule has 0 radical (unpaired) electrons. The summed E-state index contributed by atoms with van der Waals surface area (Å²) in [5.74, 6) is 1.01. The van der Waals surface area contributed by atoms with E-state index < -0.39 is 0 Å². The summed E-state index contributed by atoms with van der Waals surface area (Å²) in [6, 6.07) is 28.1. The maximum absolute atomic E-state index is 13.3. The molecule has 142 valence electrons. The Morgan fingerprint density at radius 3 is 2.36 bits per heavy atom. The molecule has 28 heavy (non-hydrogen) atoms. The zero-order valence-electron chi connectivity index (χ0n) is 15.8.